The van der Waals surface area contributed by atoms with E-state index in [0.717, 1.165) is 34.7 Å². The molecule has 1 saturated heterocycles. The van der Waals surface area contributed by atoms with Crippen LogP contribution in [0.2, 0.25) is 0 Å². The van der Waals surface area contributed by atoms with Gasteiger partial charge in [-0.2, -0.15) is 0 Å². The van der Waals surface area contributed by atoms with Crippen LogP contribution in [0.25, 0.3) is 10.2 Å². The molecule has 3 heterocycles. The van der Waals surface area contributed by atoms with Gasteiger partial charge in [0.25, 0.3) is 15.9 Å². The molecule has 3 aromatic carbocycles. The predicted molar refractivity (Wildman–Crippen MR) is 158 cm³/mol. The molecule has 6 rings (SSSR count). The van der Waals surface area contributed by atoms with Crippen molar-refractivity contribution in [3.63, 3.8) is 0 Å². The first-order valence-electron chi connectivity index (χ1n) is 13.5. The zero-order chi connectivity index (χ0) is 27.1. The van der Waals surface area contributed by atoms with E-state index in [2.05, 4.69) is 36.9 Å². The Balaban J connectivity index is 1.13. The Morgan fingerprint density at radius 2 is 1.64 bits per heavy atom. The van der Waals surface area contributed by atoms with Crippen molar-refractivity contribution in [1.29, 1.82) is 0 Å². The topological polar surface area (TPSA) is 73.8 Å². The maximum Gasteiger partial charge on any atom is 0.264 e. The highest BCUT2D eigenvalue weighted by atomic mass is 32.2. The lowest BCUT2D eigenvalue weighted by atomic mass is 10.0. The van der Waals surface area contributed by atoms with E-state index < -0.39 is 10.0 Å². The van der Waals surface area contributed by atoms with E-state index in [-0.39, 0.29) is 10.8 Å². The Morgan fingerprint density at radius 1 is 0.897 bits per heavy atom. The summed E-state index contributed by atoms with van der Waals surface area (Å²) in [5.41, 5.74) is 4.63. The summed E-state index contributed by atoms with van der Waals surface area (Å²) < 4.78 is 29.6. The normalized spacial score (nSPS) is 16.1. The van der Waals surface area contributed by atoms with Gasteiger partial charge in [0.05, 0.1) is 20.8 Å². The van der Waals surface area contributed by atoms with E-state index in [4.69, 9.17) is 4.98 Å². The molecule has 0 aliphatic carbocycles. The van der Waals surface area contributed by atoms with Gasteiger partial charge in [0.2, 0.25) is 0 Å². The van der Waals surface area contributed by atoms with Gasteiger partial charge in [-0.05, 0) is 66.3 Å². The smallest absolute Gasteiger partial charge is 0.264 e. The van der Waals surface area contributed by atoms with Crippen LogP contribution in [0.5, 0.6) is 0 Å². The van der Waals surface area contributed by atoms with Gasteiger partial charge in [0.15, 0.2) is 5.13 Å². The third kappa shape index (κ3) is 4.78. The van der Waals surface area contributed by atoms with E-state index in [1.807, 2.05) is 29.2 Å². The van der Waals surface area contributed by atoms with Crippen LogP contribution in [-0.2, 0) is 16.4 Å². The van der Waals surface area contributed by atoms with Gasteiger partial charge in [-0.15, -0.1) is 0 Å². The number of nitrogens with zero attached hydrogens (tertiary/aromatic N) is 4. The number of benzene rings is 3. The number of thiazole rings is 1. The van der Waals surface area contributed by atoms with Gasteiger partial charge < -0.3 is 9.80 Å². The van der Waals surface area contributed by atoms with Gasteiger partial charge in [-0.3, -0.25) is 9.10 Å². The molecule has 0 bridgehead atoms. The summed E-state index contributed by atoms with van der Waals surface area (Å²) in [5.74, 6) is 0.337. The van der Waals surface area contributed by atoms with Crippen molar-refractivity contribution in [3.8, 4) is 0 Å². The van der Waals surface area contributed by atoms with Crippen LogP contribution in [0.3, 0.4) is 0 Å². The molecule has 2 aliphatic heterocycles. The molecule has 0 unspecified atom stereocenters. The number of piperazine rings is 1. The van der Waals surface area contributed by atoms with E-state index >= 15 is 0 Å². The number of anilines is 2. The first kappa shape index (κ1) is 25.8. The zero-order valence-corrected chi connectivity index (χ0v) is 23.8. The lowest BCUT2D eigenvalue weighted by Gasteiger charge is -2.34. The summed E-state index contributed by atoms with van der Waals surface area (Å²) in [6.45, 7) is 7.44. The van der Waals surface area contributed by atoms with E-state index in [9.17, 15) is 13.2 Å². The summed E-state index contributed by atoms with van der Waals surface area (Å²) in [6.07, 6.45) is 1.66. The van der Waals surface area contributed by atoms with Crippen molar-refractivity contribution < 1.29 is 13.2 Å². The monoisotopic (exact) mass is 560 g/mol. The first-order valence-corrected chi connectivity index (χ1v) is 15.7. The van der Waals surface area contributed by atoms with Crippen LogP contribution in [-0.4, -0.2) is 56.9 Å². The van der Waals surface area contributed by atoms with Crippen LogP contribution in [0.1, 0.15) is 47.7 Å². The average Bonchev–Trinajstić information content (AvgIpc) is 3.41. The summed E-state index contributed by atoms with van der Waals surface area (Å²) in [5, 5.41) is 0.999. The van der Waals surface area contributed by atoms with Gasteiger partial charge >= 0.3 is 0 Å². The molecule has 0 N–H and O–H groups in total. The molecule has 202 valence electrons. The van der Waals surface area contributed by atoms with E-state index in [0.29, 0.717) is 44.2 Å². The number of carbonyl (C=O) groups excluding carboxylic acids is 1. The fraction of sp³-hybridized carbons (Fsp3) is 0.333. The quantitative estimate of drug-likeness (QED) is 0.321. The Morgan fingerprint density at radius 3 is 2.38 bits per heavy atom. The Labute approximate surface area is 233 Å². The van der Waals surface area contributed by atoms with Crippen molar-refractivity contribution in [2.24, 2.45) is 0 Å². The third-order valence-corrected chi connectivity index (χ3v) is 10.6. The van der Waals surface area contributed by atoms with Crippen LogP contribution < -0.4 is 9.21 Å². The highest BCUT2D eigenvalue weighted by Crippen LogP contribution is 2.34. The molecule has 0 radical (unpaired) electrons. The van der Waals surface area contributed by atoms with Gasteiger partial charge in [0.1, 0.15) is 0 Å². The van der Waals surface area contributed by atoms with Crippen molar-refractivity contribution in [2.45, 2.75) is 37.5 Å². The van der Waals surface area contributed by atoms with Gasteiger partial charge in [-0.25, -0.2) is 13.4 Å². The number of aromatic nitrogens is 1. The average molecular weight is 561 g/mol. The SMILES string of the molecule is CC(C)c1cccc2sc(N3CCN(C(=O)c4ccc(S(=O)(=O)N5CCCc6ccccc65)cc4)CC3)nc12. The van der Waals surface area contributed by atoms with Crippen LogP contribution in [0.15, 0.2) is 71.6 Å². The van der Waals surface area contributed by atoms with E-state index in [1.165, 1.54) is 14.6 Å². The molecule has 2 aliphatic rings. The Hall–Kier alpha value is -3.43. The highest BCUT2D eigenvalue weighted by molar-refractivity contribution is 7.92. The molecule has 0 atom stereocenters. The molecule has 1 amide bonds. The molecule has 1 aromatic heterocycles. The second-order valence-electron chi connectivity index (χ2n) is 10.5. The number of amides is 1. The number of para-hydroxylation sites is 2. The second-order valence-corrected chi connectivity index (χ2v) is 13.3. The number of sulfonamides is 1. The lowest BCUT2D eigenvalue weighted by molar-refractivity contribution is 0.0746. The maximum atomic E-state index is 13.4. The molecule has 0 saturated carbocycles. The minimum Gasteiger partial charge on any atom is -0.345 e. The fourth-order valence-corrected chi connectivity index (χ4v) is 8.08. The number of aryl methyl sites for hydroxylation is 1. The molecule has 7 nitrogen and oxygen atoms in total. The predicted octanol–water partition coefficient (Wildman–Crippen LogP) is 5.52. The van der Waals surface area contributed by atoms with Crippen molar-refractivity contribution in [3.05, 3.63) is 83.4 Å². The zero-order valence-electron chi connectivity index (χ0n) is 22.2. The molecule has 4 aromatic rings. The van der Waals surface area contributed by atoms with Gasteiger partial charge in [0, 0.05) is 38.3 Å². The van der Waals surface area contributed by atoms with Crippen LogP contribution >= 0.6 is 11.3 Å². The van der Waals surface area contributed by atoms with Crippen molar-refractivity contribution in [1.82, 2.24) is 9.88 Å². The second kappa shape index (κ2) is 10.3. The summed E-state index contributed by atoms with van der Waals surface area (Å²) in [6, 6.07) is 20.4. The van der Waals surface area contributed by atoms with Crippen molar-refractivity contribution in [2.75, 3.05) is 41.9 Å². The van der Waals surface area contributed by atoms with Gasteiger partial charge in [-0.1, -0.05) is 55.5 Å². The standard InChI is InChI=1S/C30H32N4O3S2/c1-21(2)25-9-5-11-27-28(25)31-30(38-27)33-19-17-32(18-20-33)29(35)23-12-14-24(15-13-23)39(36,37)34-16-6-8-22-7-3-4-10-26(22)34/h3-5,7,9-15,21H,6,8,16-20H2,1-2H3. The third-order valence-electron chi connectivity index (χ3n) is 7.66. The minimum atomic E-state index is -3.70. The number of hydrogen-bond acceptors (Lipinski definition) is 6. The van der Waals surface area contributed by atoms with Crippen molar-refractivity contribution >= 4 is 48.3 Å². The van der Waals surface area contributed by atoms with E-state index in [1.54, 1.807) is 35.6 Å². The molecule has 9 heteroatoms. The lowest BCUT2D eigenvalue weighted by Crippen LogP contribution is -2.48. The summed E-state index contributed by atoms with van der Waals surface area (Å²) >= 11 is 1.70. The molecule has 0 spiro atoms. The van der Waals surface area contributed by atoms with Crippen LogP contribution in [0, 0.1) is 0 Å². The first-order chi connectivity index (χ1) is 18.8. The number of hydrogen-bond donors (Lipinski definition) is 0. The number of carbonyl (C=O) groups is 1. The Kier molecular flexibility index (Phi) is 6.81. The molecular weight excluding hydrogens is 528 g/mol. The Bertz CT molecular complexity index is 1620. The largest absolute Gasteiger partial charge is 0.345 e. The maximum absolute atomic E-state index is 13.4. The molecule has 39 heavy (non-hydrogen) atoms. The fourth-order valence-electron chi connectivity index (χ4n) is 5.49. The highest BCUT2D eigenvalue weighted by Gasteiger charge is 2.30. The number of rotatable bonds is 5. The van der Waals surface area contributed by atoms with Crippen LogP contribution in [0.4, 0.5) is 10.8 Å². The molecule has 1 fully saturated rings. The molecular formula is C30H32N4O3S2. The minimum absolute atomic E-state index is 0.0756. The summed E-state index contributed by atoms with van der Waals surface area (Å²) in [4.78, 5) is 22.5. The number of fused-ring (bicyclic) bond motifs is 2. The summed E-state index contributed by atoms with van der Waals surface area (Å²) in [7, 11) is -3.70.